The van der Waals surface area contributed by atoms with Crippen LogP contribution in [0.5, 0.6) is 5.75 Å². The molecule has 0 aliphatic carbocycles. The Balaban J connectivity index is 1.72. The molecule has 0 radical (unpaired) electrons. The standard InChI is InChI=1S/C22H23N5O4/c1-12(2)11-26-18-8-5-14(19(23)29)10-16(18)24-21(26)27-20(30)17(25-22(27)31)9-13-3-6-15(28)7-4-13/h3-8,10,12,17,28H,9,11H2,1-2H3,(H2,23,29)(H,25,31)/t17-/m0/s1. The van der Waals surface area contributed by atoms with E-state index in [1.807, 2.05) is 18.4 Å². The number of nitrogens with one attached hydrogen (secondary N) is 1. The zero-order valence-electron chi connectivity index (χ0n) is 17.2. The maximum Gasteiger partial charge on any atom is 0.331 e. The summed E-state index contributed by atoms with van der Waals surface area (Å²) in [5, 5.41) is 12.2. The zero-order valence-corrected chi connectivity index (χ0v) is 17.2. The van der Waals surface area contributed by atoms with E-state index in [4.69, 9.17) is 5.73 Å². The van der Waals surface area contributed by atoms with Crippen LogP contribution in [0.2, 0.25) is 0 Å². The summed E-state index contributed by atoms with van der Waals surface area (Å²) in [5.74, 6) is -0.425. The molecule has 1 aromatic heterocycles. The molecule has 2 aromatic carbocycles. The molecule has 0 bridgehead atoms. The summed E-state index contributed by atoms with van der Waals surface area (Å²) < 4.78 is 1.81. The van der Waals surface area contributed by atoms with Gasteiger partial charge in [0.05, 0.1) is 11.0 Å². The average Bonchev–Trinajstić information content (AvgIpc) is 3.19. The number of carbonyl (C=O) groups excluding carboxylic acids is 3. The third kappa shape index (κ3) is 3.81. The van der Waals surface area contributed by atoms with Gasteiger partial charge in [-0.2, -0.15) is 4.90 Å². The maximum absolute atomic E-state index is 13.1. The van der Waals surface area contributed by atoms with Crippen molar-refractivity contribution < 1.29 is 19.5 Å². The molecule has 1 aliphatic heterocycles. The van der Waals surface area contributed by atoms with Crippen molar-refractivity contribution in [1.29, 1.82) is 0 Å². The number of nitrogens with two attached hydrogens (primary N) is 1. The van der Waals surface area contributed by atoms with Crippen LogP contribution in [0.1, 0.15) is 29.8 Å². The Morgan fingerprint density at radius 1 is 1.19 bits per heavy atom. The number of benzene rings is 2. The lowest BCUT2D eigenvalue weighted by molar-refractivity contribution is -0.118. The molecular weight excluding hydrogens is 398 g/mol. The minimum atomic E-state index is -0.745. The highest BCUT2D eigenvalue weighted by Gasteiger charge is 2.41. The summed E-state index contributed by atoms with van der Waals surface area (Å²) in [6.45, 7) is 4.57. The van der Waals surface area contributed by atoms with Gasteiger partial charge < -0.3 is 20.7 Å². The summed E-state index contributed by atoms with van der Waals surface area (Å²) in [7, 11) is 0. The Kier molecular flexibility index (Phi) is 5.10. The van der Waals surface area contributed by atoms with Gasteiger partial charge in [0.1, 0.15) is 11.8 Å². The Bertz CT molecular complexity index is 1180. The second-order valence-electron chi connectivity index (χ2n) is 8.03. The molecule has 1 saturated heterocycles. The van der Waals surface area contributed by atoms with Crippen molar-refractivity contribution in [1.82, 2.24) is 14.9 Å². The molecule has 1 fully saturated rings. The molecule has 2 heterocycles. The van der Waals surface area contributed by atoms with Crippen LogP contribution in [0, 0.1) is 5.92 Å². The fourth-order valence-corrected chi connectivity index (χ4v) is 3.71. The van der Waals surface area contributed by atoms with E-state index in [1.54, 1.807) is 30.3 Å². The van der Waals surface area contributed by atoms with Crippen LogP contribution in [-0.4, -0.2) is 38.5 Å². The number of aromatic hydroxyl groups is 1. The van der Waals surface area contributed by atoms with Gasteiger partial charge in [-0.1, -0.05) is 26.0 Å². The minimum absolute atomic E-state index is 0.130. The summed E-state index contributed by atoms with van der Waals surface area (Å²) in [6, 6.07) is 10.1. The molecule has 3 aromatic rings. The van der Waals surface area contributed by atoms with Gasteiger partial charge in [0, 0.05) is 18.5 Å². The molecule has 160 valence electrons. The third-order valence-electron chi connectivity index (χ3n) is 5.16. The first-order valence-electron chi connectivity index (χ1n) is 9.97. The van der Waals surface area contributed by atoms with Gasteiger partial charge in [-0.15, -0.1) is 0 Å². The van der Waals surface area contributed by atoms with Gasteiger partial charge >= 0.3 is 6.03 Å². The minimum Gasteiger partial charge on any atom is -0.508 e. The van der Waals surface area contributed by atoms with Crippen LogP contribution in [0.15, 0.2) is 42.5 Å². The first kappa shape index (κ1) is 20.4. The number of phenolic OH excluding ortho intramolecular Hbond substituents is 1. The maximum atomic E-state index is 13.1. The van der Waals surface area contributed by atoms with Crippen molar-refractivity contribution in [2.24, 2.45) is 11.7 Å². The van der Waals surface area contributed by atoms with E-state index in [9.17, 15) is 19.5 Å². The van der Waals surface area contributed by atoms with Crippen molar-refractivity contribution in [2.45, 2.75) is 32.9 Å². The summed E-state index contributed by atoms with van der Waals surface area (Å²) in [4.78, 5) is 43.0. The first-order chi connectivity index (χ1) is 14.7. The number of carbonyl (C=O) groups is 3. The van der Waals surface area contributed by atoms with Gasteiger partial charge in [-0.25, -0.2) is 9.78 Å². The number of imide groups is 1. The highest BCUT2D eigenvalue weighted by atomic mass is 16.3. The second kappa shape index (κ2) is 7.75. The van der Waals surface area contributed by atoms with E-state index < -0.39 is 23.9 Å². The van der Waals surface area contributed by atoms with Gasteiger partial charge in [0.2, 0.25) is 11.9 Å². The van der Waals surface area contributed by atoms with Crippen molar-refractivity contribution in [2.75, 3.05) is 4.90 Å². The lowest BCUT2D eigenvalue weighted by Crippen LogP contribution is -2.34. The molecule has 1 aliphatic rings. The average molecular weight is 421 g/mol. The third-order valence-corrected chi connectivity index (χ3v) is 5.16. The summed E-state index contributed by atoms with van der Waals surface area (Å²) in [6.07, 6.45) is 0.289. The molecule has 0 spiro atoms. The van der Waals surface area contributed by atoms with Gasteiger partial charge in [0.15, 0.2) is 0 Å². The molecule has 4 amide bonds. The smallest absolute Gasteiger partial charge is 0.331 e. The number of imidazole rings is 1. The largest absolute Gasteiger partial charge is 0.508 e. The predicted octanol–water partition coefficient (Wildman–Crippen LogP) is 2.16. The topological polar surface area (TPSA) is 131 Å². The van der Waals surface area contributed by atoms with Gasteiger partial charge in [-0.05, 0) is 41.8 Å². The Morgan fingerprint density at radius 2 is 1.90 bits per heavy atom. The van der Waals surface area contributed by atoms with Crippen LogP contribution < -0.4 is 16.0 Å². The molecule has 9 nitrogen and oxygen atoms in total. The van der Waals surface area contributed by atoms with E-state index in [1.165, 1.54) is 12.1 Å². The van der Waals surface area contributed by atoms with Crippen molar-refractivity contribution in [3.8, 4) is 5.75 Å². The number of amides is 4. The van der Waals surface area contributed by atoms with Crippen molar-refractivity contribution >= 4 is 34.8 Å². The molecule has 4 rings (SSSR count). The second-order valence-corrected chi connectivity index (χ2v) is 8.03. The number of nitrogens with zero attached hydrogens (tertiary/aromatic N) is 3. The number of hydrogen-bond acceptors (Lipinski definition) is 5. The lowest BCUT2D eigenvalue weighted by atomic mass is 10.1. The lowest BCUT2D eigenvalue weighted by Gasteiger charge is -2.16. The van der Waals surface area contributed by atoms with Crippen LogP contribution in [0.3, 0.4) is 0 Å². The van der Waals surface area contributed by atoms with E-state index in [-0.39, 0.29) is 24.0 Å². The highest BCUT2D eigenvalue weighted by Crippen LogP contribution is 2.28. The molecule has 4 N–H and O–H groups in total. The first-order valence-corrected chi connectivity index (χ1v) is 9.97. The van der Waals surface area contributed by atoms with E-state index in [0.717, 1.165) is 10.5 Å². The number of primary amides is 1. The van der Waals surface area contributed by atoms with Crippen LogP contribution in [0.4, 0.5) is 10.7 Å². The van der Waals surface area contributed by atoms with E-state index in [0.29, 0.717) is 23.1 Å². The summed E-state index contributed by atoms with van der Waals surface area (Å²) >= 11 is 0. The number of aromatic nitrogens is 2. The van der Waals surface area contributed by atoms with Gasteiger partial charge in [-0.3, -0.25) is 9.59 Å². The number of rotatable bonds is 6. The molecule has 1 atom stereocenters. The molecule has 0 unspecified atom stereocenters. The Labute approximate surface area is 178 Å². The van der Waals surface area contributed by atoms with Crippen LogP contribution in [0.25, 0.3) is 11.0 Å². The molecule has 31 heavy (non-hydrogen) atoms. The highest BCUT2D eigenvalue weighted by molar-refractivity contribution is 6.21. The fourth-order valence-electron chi connectivity index (χ4n) is 3.71. The quantitative estimate of drug-likeness (QED) is 0.525. The molecular formula is C22H23N5O4. The Hall–Kier alpha value is -3.88. The van der Waals surface area contributed by atoms with E-state index in [2.05, 4.69) is 10.3 Å². The number of hydrogen-bond donors (Lipinski definition) is 3. The number of anilines is 1. The number of phenols is 1. The van der Waals surface area contributed by atoms with Crippen LogP contribution >= 0.6 is 0 Å². The number of fused-ring (bicyclic) bond motifs is 1. The normalized spacial score (nSPS) is 16.4. The molecule has 0 saturated carbocycles. The Morgan fingerprint density at radius 3 is 2.55 bits per heavy atom. The van der Waals surface area contributed by atoms with Crippen molar-refractivity contribution in [3.63, 3.8) is 0 Å². The SMILES string of the molecule is CC(C)Cn1c(N2C(=O)N[C@@H](Cc3ccc(O)cc3)C2=O)nc2cc(C(N)=O)ccc21. The zero-order chi connectivity index (χ0) is 22.3. The van der Waals surface area contributed by atoms with Crippen LogP contribution in [-0.2, 0) is 17.8 Å². The monoisotopic (exact) mass is 421 g/mol. The van der Waals surface area contributed by atoms with E-state index >= 15 is 0 Å². The van der Waals surface area contributed by atoms with Gasteiger partial charge in [0.25, 0.3) is 5.91 Å². The fraction of sp³-hybridized carbons (Fsp3) is 0.273. The molecule has 9 heteroatoms. The summed E-state index contributed by atoms with van der Waals surface area (Å²) in [5.41, 5.74) is 7.67. The predicted molar refractivity (Wildman–Crippen MR) is 115 cm³/mol. The van der Waals surface area contributed by atoms with Crippen molar-refractivity contribution in [3.05, 3.63) is 53.6 Å². The number of urea groups is 1.